The van der Waals surface area contributed by atoms with Gasteiger partial charge in [-0.05, 0) is 49.4 Å². The van der Waals surface area contributed by atoms with Gasteiger partial charge < -0.3 is 0 Å². The molecule has 1 aromatic heterocycles. The molecule has 1 N–H and O–H groups in total. The van der Waals surface area contributed by atoms with Gasteiger partial charge >= 0.3 is 6.03 Å². The highest BCUT2D eigenvalue weighted by Crippen LogP contribution is 2.24. The summed E-state index contributed by atoms with van der Waals surface area (Å²) in [5.41, 5.74) is 2.73. The summed E-state index contributed by atoms with van der Waals surface area (Å²) in [6, 6.07) is 4.45. The summed E-state index contributed by atoms with van der Waals surface area (Å²) in [7, 11) is 0. The first-order chi connectivity index (χ1) is 12.4. The number of nitrogens with one attached hydrogen (secondary N) is 1. The Morgan fingerprint density at radius 1 is 1.08 bits per heavy atom. The SMILES string of the molecule is CSc1ncc(/C=C2/C(=O)NC(=O)N(c3ccc(C)c(C)c3)C2=O)cn1. The molecule has 1 fully saturated rings. The van der Waals surface area contributed by atoms with Crippen LogP contribution in [0.25, 0.3) is 6.08 Å². The van der Waals surface area contributed by atoms with Crippen molar-refractivity contribution in [1.29, 1.82) is 0 Å². The molecule has 2 heterocycles. The van der Waals surface area contributed by atoms with Gasteiger partial charge in [0.1, 0.15) is 5.57 Å². The summed E-state index contributed by atoms with van der Waals surface area (Å²) >= 11 is 1.38. The molecule has 0 spiro atoms. The normalized spacial score (nSPS) is 16.2. The van der Waals surface area contributed by atoms with Crippen LogP contribution in [-0.4, -0.2) is 34.1 Å². The van der Waals surface area contributed by atoms with E-state index in [1.165, 1.54) is 30.2 Å². The zero-order valence-electron chi connectivity index (χ0n) is 14.4. The Morgan fingerprint density at radius 3 is 2.38 bits per heavy atom. The van der Waals surface area contributed by atoms with E-state index < -0.39 is 17.8 Å². The second kappa shape index (κ2) is 7.09. The largest absolute Gasteiger partial charge is 0.335 e. The molecule has 0 bridgehead atoms. The van der Waals surface area contributed by atoms with Crippen molar-refractivity contribution in [2.45, 2.75) is 19.0 Å². The van der Waals surface area contributed by atoms with Gasteiger partial charge in [0, 0.05) is 18.0 Å². The van der Waals surface area contributed by atoms with Crippen LogP contribution in [0.5, 0.6) is 0 Å². The number of anilines is 1. The van der Waals surface area contributed by atoms with Crippen molar-refractivity contribution in [3.8, 4) is 0 Å². The van der Waals surface area contributed by atoms with E-state index in [1.54, 1.807) is 12.1 Å². The number of carbonyl (C=O) groups excluding carboxylic acids is 3. The fourth-order valence-corrected chi connectivity index (χ4v) is 2.75. The van der Waals surface area contributed by atoms with Crippen molar-refractivity contribution < 1.29 is 14.4 Å². The van der Waals surface area contributed by atoms with Gasteiger partial charge in [-0.25, -0.2) is 19.7 Å². The highest BCUT2D eigenvalue weighted by atomic mass is 32.2. The Hall–Kier alpha value is -3.00. The molecule has 1 aliphatic heterocycles. The second-order valence-electron chi connectivity index (χ2n) is 5.73. The van der Waals surface area contributed by atoms with Gasteiger partial charge in [-0.1, -0.05) is 17.8 Å². The number of imide groups is 2. The second-order valence-corrected chi connectivity index (χ2v) is 6.50. The number of carbonyl (C=O) groups is 3. The summed E-state index contributed by atoms with van der Waals surface area (Å²) in [5.74, 6) is -1.43. The zero-order valence-corrected chi connectivity index (χ0v) is 15.3. The standard InChI is InChI=1S/C18H16N4O3S/c1-10-4-5-13(6-11(10)2)22-16(24)14(15(23)21-18(22)25)7-12-8-19-17(26-3)20-9-12/h4-9H,1-3H3,(H,21,23,25)/b14-7-. The minimum atomic E-state index is -0.769. The Balaban J connectivity index is 1.99. The molecule has 7 nitrogen and oxygen atoms in total. The molecule has 3 rings (SSSR count). The number of rotatable bonds is 3. The maximum atomic E-state index is 12.8. The summed E-state index contributed by atoms with van der Waals surface area (Å²) in [4.78, 5) is 46.3. The molecular weight excluding hydrogens is 352 g/mol. The lowest BCUT2D eigenvalue weighted by molar-refractivity contribution is -0.122. The van der Waals surface area contributed by atoms with Crippen molar-refractivity contribution in [2.24, 2.45) is 0 Å². The Morgan fingerprint density at radius 2 is 1.77 bits per heavy atom. The first-order valence-electron chi connectivity index (χ1n) is 7.75. The van der Waals surface area contributed by atoms with Crippen LogP contribution in [-0.2, 0) is 9.59 Å². The fourth-order valence-electron chi connectivity index (χ4n) is 2.43. The molecular formula is C18H16N4O3S. The number of thioether (sulfide) groups is 1. The number of urea groups is 1. The first-order valence-corrected chi connectivity index (χ1v) is 8.98. The average Bonchev–Trinajstić information content (AvgIpc) is 2.62. The summed E-state index contributed by atoms with van der Waals surface area (Å²) < 4.78 is 0. The monoisotopic (exact) mass is 368 g/mol. The number of aryl methyl sites for hydroxylation is 2. The van der Waals surface area contributed by atoms with Crippen LogP contribution in [0.15, 0.2) is 41.3 Å². The van der Waals surface area contributed by atoms with Crippen LogP contribution in [0.3, 0.4) is 0 Å². The van der Waals surface area contributed by atoms with Crippen LogP contribution >= 0.6 is 11.8 Å². The van der Waals surface area contributed by atoms with Crippen molar-refractivity contribution in [3.63, 3.8) is 0 Å². The molecule has 2 aromatic rings. The van der Waals surface area contributed by atoms with E-state index in [1.807, 2.05) is 26.2 Å². The van der Waals surface area contributed by atoms with E-state index in [0.29, 0.717) is 16.4 Å². The molecule has 0 saturated carbocycles. The number of amides is 4. The minimum absolute atomic E-state index is 0.150. The lowest BCUT2D eigenvalue weighted by atomic mass is 10.1. The quantitative estimate of drug-likeness (QED) is 0.387. The van der Waals surface area contributed by atoms with Gasteiger partial charge in [0.15, 0.2) is 5.16 Å². The Labute approximate surface area is 154 Å². The number of hydrogen-bond donors (Lipinski definition) is 1. The van der Waals surface area contributed by atoms with E-state index in [-0.39, 0.29) is 5.57 Å². The predicted molar refractivity (Wildman–Crippen MR) is 98.7 cm³/mol. The van der Waals surface area contributed by atoms with E-state index in [4.69, 9.17) is 0 Å². The average molecular weight is 368 g/mol. The molecule has 4 amide bonds. The third-order valence-electron chi connectivity index (χ3n) is 3.99. The number of hydrogen-bond acceptors (Lipinski definition) is 6. The Bertz CT molecular complexity index is 938. The molecule has 1 aromatic carbocycles. The van der Waals surface area contributed by atoms with Crippen LogP contribution in [0.2, 0.25) is 0 Å². The minimum Gasteiger partial charge on any atom is -0.273 e. The summed E-state index contributed by atoms with van der Waals surface area (Å²) in [6.07, 6.45) is 6.26. The summed E-state index contributed by atoms with van der Waals surface area (Å²) in [5, 5.41) is 2.78. The van der Waals surface area contributed by atoms with Crippen LogP contribution in [0.4, 0.5) is 10.5 Å². The molecule has 1 aliphatic rings. The molecule has 1 saturated heterocycles. The topological polar surface area (TPSA) is 92.3 Å². The van der Waals surface area contributed by atoms with Gasteiger partial charge in [-0.15, -0.1) is 0 Å². The van der Waals surface area contributed by atoms with Gasteiger partial charge in [-0.3, -0.25) is 14.9 Å². The molecule has 132 valence electrons. The molecule has 0 radical (unpaired) electrons. The van der Waals surface area contributed by atoms with Gasteiger partial charge in [0.25, 0.3) is 11.8 Å². The number of aromatic nitrogens is 2. The van der Waals surface area contributed by atoms with Gasteiger partial charge in [0.05, 0.1) is 5.69 Å². The smallest absolute Gasteiger partial charge is 0.273 e. The van der Waals surface area contributed by atoms with E-state index in [2.05, 4.69) is 15.3 Å². The molecule has 26 heavy (non-hydrogen) atoms. The zero-order chi connectivity index (χ0) is 18.8. The highest BCUT2D eigenvalue weighted by molar-refractivity contribution is 7.98. The molecule has 0 unspecified atom stereocenters. The van der Waals surface area contributed by atoms with Crippen LogP contribution < -0.4 is 10.2 Å². The highest BCUT2D eigenvalue weighted by Gasteiger charge is 2.36. The first kappa shape index (κ1) is 17.8. The van der Waals surface area contributed by atoms with Gasteiger partial charge in [0.2, 0.25) is 0 Å². The predicted octanol–water partition coefficient (Wildman–Crippen LogP) is 2.48. The third kappa shape index (κ3) is 3.36. The number of barbiturate groups is 1. The third-order valence-corrected chi connectivity index (χ3v) is 4.57. The van der Waals surface area contributed by atoms with E-state index >= 15 is 0 Å². The van der Waals surface area contributed by atoms with Crippen molar-refractivity contribution in [3.05, 3.63) is 52.9 Å². The lowest BCUT2D eigenvalue weighted by Gasteiger charge is -2.26. The summed E-state index contributed by atoms with van der Waals surface area (Å²) in [6.45, 7) is 3.82. The molecule has 0 atom stereocenters. The van der Waals surface area contributed by atoms with Crippen LogP contribution in [0.1, 0.15) is 16.7 Å². The fraction of sp³-hybridized carbons (Fsp3) is 0.167. The van der Waals surface area contributed by atoms with Gasteiger partial charge in [-0.2, -0.15) is 0 Å². The maximum Gasteiger partial charge on any atom is 0.335 e. The van der Waals surface area contributed by atoms with E-state index in [9.17, 15) is 14.4 Å². The number of benzene rings is 1. The molecule has 0 aliphatic carbocycles. The van der Waals surface area contributed by atoms with Crippen molar-refractivity contribution >= 4 is 41.4 Å². The number of nitrogens with zero attached hydrogens (tertiary/aromatic N) is 3. The lowest BCUT2D eigenvalue weighted by Crippen LogP contribution is -2.54. The molecule has 8 heteroatoms. The Kier molecular flexibility index (Phi) is 4.85. The van der Waals surface area contributed by atoms with Crippen LogP contribution in [0, 0.1) is 13.8 Å². The van der Waals surface area contributed by atoms with Crippen molar-refractivity contribution in [1.82, 2.24) is 15.3 Å². The van der Waals surface area contributed by atoms with E-state index in [0.717, 1.165) is 16.0 Å². The maximum absolute atomic E-state index is 12.8. The van der Waals surface area contributed by atoms with Crippen molar-refractivity contribution in [2.75, 3.05) is 11.2 Å².